The van der Waals surface area contributed by atoms with E-state index in [9.17, 15) is 18.0 Å². The number of hydrogen-bond acceptors (Lipinski definition) is 1. The number of halogens is 3. The molecule has 0 atom stereocenters. The minimum Gasteiger partial charge on any atom is -0.348 e. The number of fused-ring (bicyclic) bond motifs is 1. The predicted molar refractivity (Wildman–Crippen MR) is 42.6 cm³/mol. The summed E-state index contributed by atoms with van der Waals surface area (Å²) in [6.45, 7) is 0.179. The molecule has 0 spiro atoms. The summed E-state index contributed by atoms with van der Waals surface area (Å²) in [5.41, 5.74) is 0.0237. The average molecular weight is 201 g/mol. The van der Waals surface area contributed by atoms with Gasteiger partial charge in [-0.25, -0.2) is 0 Å². The van der Waals surface area contributed by atoms with Gasteiger partial charge in [-0.3, -0.25) is 4.79 Å². The molecule has 1 aliphatic heterocycles. The van der Waals surface area contributed by atoms with E-state index in [-0.39, 0.29) is 12.5 Å². The van der Waals surface area contributed by atoms with Gasteiger partial charge < -0.3 is 5.32 Å². The maximum Gasteiger partial charge on any atom is 0.416 e. The van der Waals surface area contributed by atoms with Crippen molar-refractivity contribution in [2.75, 3.05) is 0 Å². The normalized spacial score (nSPS) is 15.2. The summed E-state index contributed by atoms with van der Waals surface area (Å²) in [4.78, 5) is 11.0. The molecule has 1 heterocycles. The lowest BCUT2D eigenvalue weighted by molar-refractivity contribution is -0.137. The van der Waals surface area contributed by atoms with E-state index in [1.54, 1.807) is 0 Å². The highest BCUT2D eigenvalue weighted by Crippen LogP contribution is 2.31. The second-order valence-electron chi connectivity index (χ2n) is 3.05. The van der Waals surface area contributed by atoms with Crippen LogP contribution >= 0.6 is 0 Å². The first-order valence-corrected chi connectivity index (χ1v) is 3.97. The first-order chi connectivity index (χ1) is 6.48. The van der Waals surface area contributed by atoms with Crippen LogP contribution in [0.3, 0.4) is 0 Å². The highest BCUT2D eigenvalue weighted by Gasteiger charge is 2.32. The van der Waals surface area contributed by atoms with Crippen LogP contribution in [0, 0.1) is 0 Å². The first kappa shape index (κ1) is 9.05. The third kappa shape index (κ3) is 1.34. The summed E-state index contributed by atoms with van der Waals surface area (Å²) in [7, 11) is 0. The Kier molecular flexibility index (Phi) is 1.77. The molecule has 1 aromatic carbocycles. The molecule has 0 unspecified atom stereocenters. The van der Waals surface area contributed by atoms with E-state index >= 15 is 0 Å². The number of carbonyl (C=O) groups excluding carboxylic acids is 1. The molecule has 1 N–H and O–H groups in total. The van der Waals surface area contributed by atoms with Gasteiger partial charge >= 0.3 is 6.18 Å². The smallest absolute Gasteiger partial charge is 0.348 e. The molecule has 0 saturated heterocycles. The molecule has 1 amide bonds. The molecule has 1 aromatic rings. The van der Waals surface area contributed by atoms with Crippen molar-refractivity contribution in [2.24, 2.45) is 0 Å². The molecule has 5 heteroatoms. The third-order valence-electron chi connectivity index (χ3n) is 2.12. The molecule has 0 aliphatic carbocycles. The summed E-state index contributed by atoms with van der Waals surface area (Å²) in [6.07, 6.45) is -4.35. The molecule has 74 valence electrons. The van der Waals surface area contributed by atoms with Gasteiger partial charge in [0.05, 0.1) is 5.56 Å². The number of carbonyl (C=O) groups is 1. The van der Waals surface area contributed by atoms with E-state index in [1.165, 1.54) is 6.07 Å². The van der Waals surface area contributed by atoms with Crippen molar-refractivity contribution >= 4 is 5.91 Å². The van der Waals surface area contributed by atoms with E-state index in [1.807, 2.05) is 0 Å². The van der Waals surface area contributed by atoms with Crippen molar-refractivity contribution in [1.29, 1.82) is 0 Å². The molecule has 0 radical (unpaired) electrons. The van der Waals surface area contributed by atoms with Gasteiger partial charge in [0.2, 0.25) is 0 Å². The van der Waals surface area contributed by atoms with Crippen LogP contribution in [0.1, 0.15) is 21.5 Å². The van der Waals surface area contributed by atoms with Gasteiger partial charge in [-0.2, -0.15) is 13.2 Å². The predicted octanol–water partition coefficient (Wildman–Crippen LogP) is 1.95. The van der Waals surface area contributed by atoms with E-state index in [0.717, 1.165) is 12.1 Å². The van der Waals surface area contributed by atoms with Crippen molar-refractivity contribution in [3.63, 3.8) is 0 Å². The summed E-state index contributed by atoms with van der Waals surface area (Å²) in [6, 6.07) is 3.14. The Labute approximate surface area is 77.7 Å². The van der Waals surface area contributed by atoms with Gasteiger partial charge in [-0.1, -0.05) is 0 Å². The monoisotopic (exact) mass is 201 g/mol. The Morgan fingerprint density at radius 2 is 2.00 bits per heavy atom. The third-order valence-corrected chi connectivity index (χ3v) is 2.12. The van der Waals surface area contributed by atoms with Gasteiger partial charge in [0.25, 0.3) is 5.91 Å². The summed E-state index contributed by atoms with van der Waals surface area (Å²) in [5.74, 6) is -0.311. The fourth-order valence-corrected chi connectivity index (χ4v) is 1.41. The zero-order valence-electron chi connectivity index (χ0n) is 6.98. The molecule has 0 aromatic heterocycles. The van der Waals surface area contributed by atoms with Gasteiger partial charge in [0.15, 0.2) is 0 Å². The molecule has 2 nitrogen and oxygen atoms in total. The van der Waals surface area contributed by atoms with Crippen LogP contribution in [0.15, 0.2) is 18.2 Å². The van der Waals surface area contributed by atoms with Gasteiger partial charge in [0.1, 0.15) is 0 Å². The molecule has 2 rings (SSSR count). The molecule has 14 heavy (non-hydrogen) atoms. The molecular weight excluding hydrogens is 195 g/mol. The Morgan fingerprint density at radius 3 is 2.64 bits per heavy atom. The van der Waals surface area contributed by atoms with Crippen LogP contribution in [0.25, 0.3) is 0 Å². The van der Waals surface area contributed by atoms with Crippen LogP contribution in [-0.2, 0) is 12.7 Å². The van der Waals surface area contributed by atoms with Gasteiger partial charge in [-0.15, -0.1) is 0 Å². The maximum atomic E-state index is 12.2. The molecule has 1 aliphatic rings. The lowest BCUT2D eigenvalue weighted by Crippen LogP contribution is -2.12. The number of amides is 1. The van der Waals surface area contributed by atoms with Crippen molar-refractivity contribution in [2.45, 2.75) is 12.7 Å². The number of nitrogens with one attached hydrogen (secondary N) is 1. The summed E-state index contributed by atoms with van der Waals surface area (Å²) < 4.78 is 36.7. The highest BCUT2D eigenvalue weighted by atomic mass is 19.4. The summed E-state index contributed by atoms with van der Waals surface area (Å²) in [5, 5.41) is 2.46. The molecule has 0 bridgehead atoms. The standard InChI is InChI=1S/C9H6F3NO/c10-9(11,12)6-1-2-7-5(3-6)4-13-8(7)14/h1-3H,4H2,(H,13,14). The highest BCUT2D eigenvalue weighted by molar-refractivity contribution is 5.98. The summed E-state index contributed by atoms with van der Waals surface area (Å²) >= 11 is 0. The minimum absolute atomic E-state index is 0.179. The second kappa shape index (κ2) is 2.73. The Bertz CT molecular complexity index is 398. The van der Waals surface area contributed by atoms with E-state index in [4.69, 9.17) is 0 Å². The second-order valence-corrected chi connectivity index (χ2v) is 3.05. The van der Waals surface area contributed by atoms with Gasteiger partial charge in [0, 0.05) is 12.1 Å². The van der Waals surface area contributed by atoms with Crippen LogP contribution in [0.5, 0.6) is 0 Å². The van der Waals surface area contributed by atoms with Crippen molar-refractivity contribution in [1.82, 2.24) is 5.32 Å². The van der Waals surface area contributed by atoms with E-state index in [2.05, 4.69) is 5.32 Å². The average Bonchev–Trinajstić information content (AvgIpc) is 2.46. The first-order valence-electron chi connectivity index (χ1n) is 3.97. The zero-order valence-corrected chi connectivity index (χ0v) is 6.98. The molecule has 0 saturated carbocycles. The van der Waals surface area contributed by atoms with Crippen molar-refractivity contribution in [3.05, 3.63) is 34.9 Å². The molecular formula is C9H6F3NO. The number of alkyl halides is 3. The number of benzene rings is 1. The Morgan fingerprint density at radius 1 is 1.29 bits per heavy atom. The quantitative estimate of drug-likeness (QED) is 0.682. The van der Waals surface area contributed by atoms with Crippen LogP contribution in [0.2, 0.25) is 0 Å². The topological polar surface area (TPSA) is 29.1 Å². The fraction of sp³-hybridized carbons (Fsp3) is 0.222. The van der Waals surface area contributed by atoms with Crippen molar-refractivity contribution in [3.8, 4) is 0 Å². The lowest BCUT2D eigenvalue weighted by atomic mass is 10.1. The number of rotatable bonds is 0. The van der Waals surface area contributed by atoms with Crippen LogP contribution in [-0.4, -0.2) is 5.91 Å². The van der Waals surface area contributed by atoms with E-state index < -0.39 is 11.7 Å². The van der Waals surface area contributed by atoms with Gasteiger partial charge in [-0.05, 0) is 23.8 Å². The fourth-order valence-electron chi connectivity index (χ4n) is 1.41. The Balaban J connectivity index is 2.47. The SMILES string of the molecule is O=C1NCc2cc(C(F)(F)F)ccc21. The maximum absolute atomic E-state index is 12.2. The van der Waals surface area contributed by atoms with Crippen LogP contribution in [0.4, 0.5) is 13.2 Å². The van der Waals surface area contributed by atoms with Crippen LogP contribution < -0.4 is 5.32 Å². The molecule has 0 fully saturated rings. The lowest BCUT2D eigenvalue weighted by Gasteiger charge is -2.07. The zero-order chi connectivity index (χ0) is 10.3. The van der Waals surface area contributed by atoms with Crippen molar-refractivity contribution < 1.29 is 18.0 Å². The van der Waals surface area contributed by atoms with E-state index in [0.29, 0.717) is 11.1 Å². The minimum atomic E-state index is -4.35. The number of hydrogen-bond donors (Lipinski definition) is 1. The largest absolute Gasteiger partial charge is 0.416 e. The Hall–Kier alpha value is -1.52.